The average molecular weight is 791 g/mol. The number of ether oxygens (including phenoxy) is 3. The second kappa shape index (κ2) is 22.6. The van der Waals surface area contributed by atoms with Crippen molar-refractivity contribution < 1.29 is 51.4 Å². The van der Waals surface area contributed by atoms with Gasteiger partial charge in [0.05, 0.1) is 49.7 Å². The van der Waals surface area contributed by atoms with E-state index >= 15 is 0 Å². The van der Waals surface area contributed by atoms with Crippen molar-refractivity contribution in [3.8, 4) is 0 Å². The van der Waals surface area contributed by atoms with E-state index in [1.165, 1.54) is 13.8 Å². The Labute approximate surface area is 322 Å². The number of hydrogen-bond donors (Lipinski definition) is 2. The molecule has 13 nitrogen and oxygen atoms in total. The summed E-state index contributed by atoms with van der Waals surface area (Å²) in [5.74, 6) is -6.91. The van der Waals surface area contributed by atoms with Crippen molar-refractivity contribution in [2.45, 2.75) is 91.2 Å². The molecule has 0 radical (unpaired) electrons. The van der Waals surface area contributed by atoms with Gasteiger partial charge in [-0.05, 0) is 50.8 Å². The Bertz CT molecular complexity index is 1710. The predicted molar refractivity (Wildman–Crippen MR) is 202 cm³/mol. The minimum atomic E-state index is -3.94. The summed E-state index contributed by atoms with van der Waals surface area (Å²) in [5, 5.41) is 4.46. The third kappa shape index (κ3) is 15.1. The van der Waals surface area contributed by atoms with Crippen molar-refractivity contribution in [2.24, 2.45) is 17.8 Å². The molecule has 0 aromatic heterocycles. The van der Waals surface area contributed by atoms with E-state index in [1.807, 2.05) is 6.07 Å². The monoisotopic (exact) mass is 790 g/mol. The van der Waals surface area contributed by atoms with E-state index in [9.17, 15) is 37.2 Å². The molecule has 2 N–H and O–H groups in total. The maximum absolute atomic E-state index is 14.1. The van der Waals surface area contributed by atoms with Gasteiger partial charge in [0.1, 0.15) is 17.0 Å². The molecule has 2 amide bonds. The van der Waals surface area contributed by atoms with Gasteiger partial charge in [-0.1, -0.05) is 86.1 Å². The third-order valence-electron chi connectivity index (χ3n) is 8.29. The highest BCUT2D eigenvalue weighted by atomic mass is 35.5. The number of nitrogens with one attached hydrogen (secondary N) is 2. The Morgan fingerprint density at radius 2 is 1.22 bits per heavy atom. The third-order valence-corrected chi connectivity index (χ3v) is 11.0. The standard InChI is InChI=1S/C39H51ClN2O11S/c1-7-51-34(44)19-29(20-35(45)53-24-27-15-11-9-12-16-27)38(47)42-37(28-17-13-10-14-18-28)32(43)23-31(25(3)4)39(48)41-30(22-36(46)52-8-2)21-33(40)54(49,50)26(5)6/h9-18,21,25-26,29-31,37H,7-8,19-20,22-24H2,1-6H3,(H,41,48)(H,42,47)/b33-21+/t29-,30-,31+,37+/m1/s1. The van der Waals surface area contributed by atoms with E-state index in [-0.39, 0.29) is 19.8 Å². The Morgan fingerprint density at radius 3 is 1.74 bits per heavy atom. The summed E-state index contributed by atoms with van der Waals surface area (Å²) in [6.45, 7) is 9.52. The van der Waals surface area contributed by atoms with Crippen LogP contribution in [0.3, 0.4) is 0 Å². The fourth-order valence-corrected chi connectivity index (χ4v) is 6.71. The van der Waals surface area contributed by atoms with Crippen LogP contribution in [0, 0.1) is 17.8 Å². The molecular formula is C39H51ClN2O11S. The van der Waals surface area contributed by atoms with Gasteiger partial charge < -0.3 is 24.8 Å². The Hall–Kier alpha value is -4.56. The molecule has 0 heterocycles. The molecule has 0 unspecified atom stereocenters. The molecular weight excluding hydrogens is 740 g/mol. The van der Waals surface area contributed by atoms with Gasteiger partial charge >= 0.3 is 17.9 Å². The first kappa shape index (κ1) is 45.6. The lowest BCUT2D eigenvalue weighted by molar-refractivity contribution is -0.151. The number of halogens is 1. The van der Waals surface area contributed by atoms with Crippen molar-refractivity contribution >= 4 is 56.9 Å². The highest BCUT2D eigenvalue weighted by Gasteiger charge is 2.35. The van der Waals surface area contributed by atoms with Crippen LogP contribution < -0.4 is 10.6 Å². The van der Waals surface area contributed by atoms with E-state index in [0.29, 0.717) is 5.56 Å². The Balaban J connectivity index is 2.37. The maximum Gasteiger partial charge on any atom is 0.308 e. The van der Waals surface area contributed by atoms with Crippen LogP contribution in [-0.2, 0) is 59.4 Å². The average Bonchev–Trinajstić information content (AvgIpc) is 3.12. The number of hydrogen-bond acceptors (Lipinski definition) is 11. The molecule has 0 fully saturated rings. The summed E-state index contributed by atoms with van der Waals surface area (Å²) in [6.07, 6.45) is -0.697. The molecule has 2 aromatic carbocycles. The second-order valence-electron chi connectivity index (χ2n) is 13.1. The van der Waals surface area contributed by atoms with Gasteiger partial charge in [0, 0.05) is 12.3 Å². The minimum absolute atomic E-state index is 0.0472. The minimum Gasteiger partial charge on any atom is -0.466 e. The number of esters is 3. The number of amides is 2. The summed E-state index contributed by atoms with van der Waals surface area (Å²) in [6, 6.07) is 14.7. The van der Waals surface area contributed by atoms with Crippen LogP contribution in [0.5, 0.6) is 0 Å². The summed E-state index contributed by atoms with van der Waals surface area (Å²) in [7, 11) is -3.94. The van der Waals surface area contributed by atoms with Crippen LogP contribution in [0.15, 0.2) is 71.1 Å². The Morgan fingerprint density at radius 1 is 0.704 bits per heavy atom. The van der Waals surface area contributed by atoms with Gasteiger partial charge in [0.25, 0.3) is 0 Å². The van der Waals surface area contributed by atoms with Crippen molar-refractivity contribution in [3.63, 3.8) is 0 Å². The van der Waals surface area contributed by atoms with Crippen molar-refractivity contribution in [1.82, 2.24) is 10.6 Å². The molecule has 4 atom stereocenters. The van der Waals surface area contributed by atoms with E-state index < -0.39 is 110 Å². The van der Waals surface area contributed by atoms with Crippen LogP contribution in [0.4, 0.5) is 0 Å². The summed E-state index contributed by atoms with van der Waals surface area (Å²) in [5.41, 5.74) is 1.11. The molecule has 0 aliphatic heterocycles. The summed E-state index contributed by atoms with van der Waals surface area (Å²) in [4.78, 5) is 79.4. The van der Waals surface area contributed by atoms with Crippen LogP contribution in [0.2, 0.25) is 0 Å². The zero-order valence-corrected chi connectivity index (χ0v) is 33.1. The molecule has 2 rings (SSSR count). The van der Waals surface area contributed by atoms with Crippen molar-refractivity contribution in [2.75, 3.05) is 13.2 Å². The van der Waals surface area contributed by atoms with E-state index in [1.54, 1.807) is 82.3 Å². The number of carbonyl (C=O) groups excluding carboxylic acids is 6. The Kier molecular flexibility index (Phi) is 19.1. The first-order chi connectivity index (χ1) is 25.5. The quantitative estimate of drug-likeness (QED) is 0.119. The number of carbonyl (C=O) groups is 6. The highest BCUT2D eigenvalue weighted by molar-refractivity contribution is 7.97. The number of ketones is 1. The van der Waals surface area contributed by atoms with Gasteiger partial charge in [-0.3, -0.25) is 28.8 Å². The summed E-state index contributed by atoms with van der Waals surface area (Å²) >= 11 is 6.16. The largest absolute Gasteiger partial charge is 0.466 e. The molecule has 0 bridgehead atoms. The number of benzene rings is 2. The topological polar surface area (TPSA) is 188 Å². The second-order valence-corrected chi connectivity index (χ2v) is 16.2. The molecule has 0 saturated heterocycles. The fourth-order valence-electron chi connectivity index (χ4n) is 5.22. The zero-order chi connectivity index (χ0) is 40.4. The molecule has 0 saturated carbocycles. The van der Waals surface area contributed by atoms with Crippen LogP contribution in [-0.4, -0.2) is 68.4 Å². The van der Waals surface area contributed by atoms with Gasteiger partial charge in [0.15, 0.2) is 15.6 Å². The zero-order valence-electron chi connectivity index (χ0n) is 31.5. The van der Waals surface area contributed by atoms with Gasteiger partial charge in [-0.15, -0.1) is 0 Å². The van der Waals surface area contributed by atoms with E-state index in [0.717, 1.165) is 11.6 Å². The predicted octanol–water partition coefficient (Wildman–Crippen LogP) is 5.12. The van der Waals surface area contributed by atoms with Crippen LogP contribution in [0.1, 0.15) is 84.4 Å². The molecule has 296 valence electrons. The van der Waals surface area contributed by atoms with Crippen LogP contribution in [0.25, 0.3) is 0 Å². The molecule has 0 aliphatic carbocycles. The number of sulfone groups is 1. The molecule has 15 heteroatoms. The summed E-state index contributed by atoms with van der Waals surface area (Å²) < 4.78 is 40.2. The molecule has 54 heavy (non-hydrogen) atoms. The SMILES string of the molecule is CCOC(=O)C[C@H](CC(=O)OCc1ccccc1)C(=O)N[C@H](C(=O)C[C@H](C(=O)N[C@H](/C=C(\Cl)S(=O)(=O)C(C)C)CC(=O)OCC)C(C)C)c1ccccc1. The molecule has 0 aliphatic rings. The smallest absolute Gasteiger partial charge is 0.308 e. The van der Waals surface area contributed by atoms with E-state index in [2.05, 4.69) is 10.6 Å². The number of rotatable bonds is 22. The lowest BCUT2D eigenvalue weighted by Crippen LogP contribution is -2.44. The lowest BCUT2D eigenvalue weighted by atomic mass is 9.86. The van der Waals surface area contributed by atoms with Gasteiger partial charge in [-0.2, -0.15) is 0 Å². The van der Waals surface area contributed by atoms with E-state index in [4.69, 9.17) is 25.8 Å². The first-order valence-corrected chi connectivity index (χ1v) is 19.7. The first-order valence-electron chi connectivity index (χ1n) is 17.8. The highest BCUT2D eigenvalue weighted by Crippen LogP contribution is 2.25. The maximum atomic E-state index is 14.1. The lowest BCUT2D eigenvalue weighted by Gasteiger charge is -2.26. The number of Topliss-reactive ketones (excluding diaryl/α,β-unsaturated/α-hetero) is 1. The van der Waals surface area contributed by atoms with Crippen molar-refractivity contribution in [3.05, 3.63) is 82.2 Å². The van der Waals surface area contributed by atoms with Crippen LogP contribution >= 0.6 is 11.6 Å². The molecule has 2 aromatic rings. The van der Waals surface area contributed by atoms with Gasteiger partial charge in [0.2, 0.25) is 11.8 Å². The molecule has 0 spiro atoms. The fraction of sp³-hybridized carbons (Fsp3) is 0.487. The normalized spacial score (nSPS) is 14.0. The van der Waals surface area contributed by atoms with Gasteiger partial charge in [-0.25, -0.2) is 8.42 Å². The van der Waals surface area contributed by atoms with Crippen molar-refractivity contribution in [1.29, 1.82) is 0 Å².